The molecule has 0 spiro atoms. The van der Waals surface area contributed by atoms with E-state index in [0.717, 1.165) is 6.07 Å². The summed E-state index contributed by atoms with van der Waals surface area (Å²) in [4.78, 5) is 0. The summed E-state index contributed by atoms with van der Waals surface area (Å²) >= 11 is 0. The Morgan fingerprint density at radius 3 is 2.08 bits per heavy atom. The minimum Gasteiger partial charge on any atom is -0.480 e. The lowest BCUT2D eigenvalue weighted by Gasteiger charge is -2.19. The van der Waals surface area contributed by atoms with Crippen molar-refractivity contribution in [3.05, 3.63) is 58.9 Å². The van der Waals surface area contributed by atoms with Crippen molar-refractivity contribution < 1.29 is 40.2 Å². The SMILES string of the molecule is CCCc1ccc(OCC(F)(F)Oc2cc(F)c(F)c(F)c2)c(F)c1F. The van der Waals surface area contributed by atoms with Gasteiger partial charge in [0.15, 0.2) is 35.6 Å². The van der Waals surface area contributed by atoms with E-state index in [0.29, 0.717) is 6.42 Å². The van der Waals surface area contributed by atoms with Gasteiger partial charge < -0.3 is 9.47 Å². The zero-order valence-corrected chi connectivity index (χ0v) is 13.4. The molecule has 0 atom stereocenters. The Morgan fingerprint density at radius 2 is 1.50 bits per heavy atom. The highest BCUT2D eigenvalue weighted by Crippen LogP contribution is 2.28. The van der Waals surface area contributed by atoms with Crippen LogP contribution in [0.15, 0.2) is 24.3 Å². The number of aryl methyl sites for hydroxylation is 1. The largest absolute Gasteiger partial charge is 0.480 e. The van der Waals surface area contributed by atoms with Gasteiger partial charge in [-0.2, -0.15) is 13.2 Å². The molecule has 0 radical (unpaired) electrons. The molecule has 0 heterocycles. The van der Waals surface area contributed by atoms with Crippen molar-refractivity contribution in [2.75, 3.05) is 6.61 Å². The quantitative estimate of drug-likeness (QED) is 0.473. The molecule has 0 bridgehead atoms. The van der Waals surface area contributed by atoms with Crippen molar-refractivity contribution in [2.24, 2.45) is 0 Å². The van der Waals surface area contributed by atoms with Crippen LogP contribution in [0.4, 0.5) is 30.7 Å². The number of alkyl halides is 2. The molecule has 26 heavy (non-hydrogen) atoms. The Labute approximate surface area is 144 Å². The van der Waals surface area contributed by atoms with Crippen LogP contribution in [0.25, 0.3) is 0 Å². The van der Waals surface area contributed by atoms with Crippen LogP contribution in [-0.2, 0) is 6.42 Å². The van der Waals surface area contributed by atoms with E-state index in [4.69, 9.17) is 0 Å². The molecule has 0 saturated carbocycles. The number of hydrogen-bond acceptors (Lipinski definition) is 2. The summed E-state index contributed by atoms with van der Waals surface area (Å²) in [5, 5.41) is 0. The van der Waals surface area contributed by atoms with Gasteiger partial charge in [-0.1, -0.05) is 19.4 Å². The minimum absolute atomic E-state index is 0.0672. The first kappa shape index (κ1) is 19.9. The minimum atomic E-state index is -4.15. The Morgan fingerprint density at radius 1 is 0.885 bits per heavy atom. The smallest absolute Gasteiger partial charge is 0.433 e. The molecular formula is C17H13F7O2. The van der Waals surface area contributed by atoms with E-state index < -0.39 is 53.3 Å². The number of benzene rings is 2. The third-order valence-corrected chi connectivity index (χ3v) is 3.27. The van der Waals surface area contributed by atoms with Crippen molar-refractivity contribution in [2.45, 2.75) is 25.9 Å². The normalized spacial score (nSPS) is 11.5. The van der Waals surface area contributed by atoms with Crippen LogP contribution in [-0.4, -0.2) is 12.7 Å². The predicted molar refractivity (Wildman–Crippen MR) is 77.7 cm³/mol. The summed E-state index contributed by atoms with van der Waals surface area (Å²) in [7, 11) is 0. The van der Waals surface area contributed by atoms with Crippen molar-refractivity contribution in [3.8, 4) is 11.5 Å². The highest BCUT2D eigenvalue weighted by atomic mass is 19.3. The molecule has 0 unspecified atom stereocenters. The highest BCUT2D eigenvalue weighted by Gasteiger charge is 2.34. The third kappa shape index (κ3) is 4.59. The van der Waals surface area contributed by atoms with Crippen LogP contribution in [0.5, 0.6) is 11.5 Å². The average Bonchev–Trinajstić information content (AvgIpc) is 2.56. The first-order valence-electron chi connectivity index (χ1n) is 7.45. The van der Waals surface area contributed by atoms with Crippen molar-refractivity contribution in [1.29, 1.82) is 0 Å². The van der Waals surface area contributed by atoms with Gasteiger partial charge in [0.1, 0.15) is 5.75 Å². The summed E-state index contributed by atoms with van der Waals surface area (Å²) in [5.41, 5.74) is 0.0672. The zero-order valence-electron chi connectivity index (χ0n) is 13.4. The van der Waals surface area contributed by atoms with E-state index in [2.05, 4.69) is 9.47 Å². The first-order valence-corrected chi connectivity index (χ1v) is 7.45. The van der Waals surface area contributed by atoms with Crippen LogP contribution >= 0.6 is 0 Å². The second-order valence-corrected chi connectivity index (χ2v) is 5.33. The Bertz CT molecular complexity index is 770. The lowest BCUT2D eigenvalue weighted by molar-refractivity contribution is -0.196. The molecular weight excluding hydrogens is 369 g/mol. The Hall–Kier alpha value is -2.45. The van der Waals surface area contributed by atoms with Crippen molar-refractivity contribution in [1.82, 2.24) is 0 Å². The molecule has 0 saturated heterocycles. The van der Waals surface area contributed by atoms with Crippen molar-refractivity contribution >= 4 is 0 Å². The van der Waals surface area contributed by atoms with E-state index in [9.17, 15) is 30.7 Å². The van der Waals surface area contributed by atoms with Gasteiger partial charge in [0.2, 0.25) is 5.82 Å². The molecule has 0 aliphatic rings. The first-order chi connectivity index (χ1) is 12.1. The maximum Gasteiger partial charge on any atom is 0.433 e. The zero-order chi connectivity index (χ0) is 19.5. The number of rotatable bonds is 7. The molecule has 9 heteroatoms. The Kier molecular flexibility index (Phi) is 5.99. The van der Waals surface area contributed by atoms with Gasteiger partial charge in [-0.25, -0.2) is 17.6 Å². The fourth-order valence-electron chi connectivity index (χ4n) is 2.10. The van der Waals surface area contributed by atoms with E-state index >= 15 is 0 Å². The fourth-order valence-corrected chi connectivity index (χ4v) is 2.10. The van der Waals surface area contributed by atoms with E-state index in [-0.39, 0.29) is 24.1 Å². The molecule has 2 rings (SSSR count). The molecule has 142 valence electrons. The molecule has 2 nitrogen and oxygen atoms in total. The fraction of sp³-hybridized carbons (Fsp3) is 0.294. The molecule has 0 N–H and O–H groups in total. The lowest BCUT2D eigenvalue weighted by Crippen LogP contribution is -2.32. The van der Waals surface area contributed by atoms with E-state index in [1.807, 2.05) is 0 Å². The maximum atomic E-state index is 13.8. The summed E-state index contributed by atoms with van der Waals surface area (Å²) in [6, 6.07) is 2.61. The molecule has 0 aromatic heterocycles. The van der Waals surface area contributed by atoms with Gasteiger partial charge in [0, 0.05) is 12.1 Å². The summed E-state index contributed by atoms with van der Waals surface area (Å²) in [5.74, 6) is -9.72. The highest BCUT2D eigenvalue weighted by molar-refractivity contribution is 5.31. The summed E-state index contributed by atoms with van der Waals surface area (Å²) < 4.78 is 102. The van der Waals surface area contributed by atoms with Gasteiger partial charge >= 0.3 is 6.11 Å². The van der Waals surface area contributed by atoms with Crippen molar-refractivity contribution in [3.63, 3.8) is 0 Å². The maximum absolute atomic E-state index is 13.8. The third-order valence-electron chi connectivity index (χ3n) is 3.27. The number of hydrogen-bond donors (Lipinski definition) is 0. The summed E-state index contributed by atoms with van der Waals surface area (Å²) in [6.07, 6.45) is -3.35. The van der Waals surface area contributed by atoms with Crippen LogP contribution in [0.3, 0.4) is 0 Å². The monoisotopic (exact) mass is 382 g/mol. The molecule has 0 aliphatic heterocycles. The summed E-state index contributed by atoms with van der Waals surface area (Å²) in [6.45, 7) is 0.178. The van der Waals surface area contributed by atoms with Gasteiger partial charge in [0.25, 0.3) is 0 Å². The molecule has 2 aromatic carbocycles. The molecule has 0 fully saturated rings. The van der Waals surface area contributed by atoms with E-state index in [1.54, 1.807) is 6.92 Å². The van der Waals surface area contributed by atoms with Gasteiger partial charge in [-0.05, 0) is 18.1 Å². The van der Waals surface area contributed by atoms with Crippen LogP contribution < -0.4 is 9.47 Å². The molecule has 0 aliphatic carbocycles. The van der Waals surface area contributed by atoms with Gasteiger partial charge in [-0.15, -0.1) is 0 Å². The van der Waals surface area contributed by atoms with Crippen LogP contribution in [0, 0.1) is 29.1 Å². The standard InChI is InChI=1S/C17H13F7O2/c1-2-3-9-4-5-13(16(22)14(9)20)25-8-17(23,24)26-10-6-11(18)15(21)12(19)7-10/h4-7H,2-3,8H2,1H3. The number of halogens is 7. The lowest BCUT2D eigenvalue weighted by atomic mass is 10.1. The molecule has 2 aromatic rings. The molecule has 0 amide bonds. The second-order valence-electron chi connectivity index (χ2n) is 5.33. The average molecular weight is 382 g/mol. The van der Waals surface area contributed by atoms with E-state index in [1.165, 1.54) is 6.07 Å². The van der Waals surface area contributed by atoms with Crippen LogP contribution in [0.2, 0.25) is 0 Å². The topological polar surface area (TPSA) is 18.5 Å². The number of ether oxygens (including phenoxy) is 2. The Balaban J connectivity index is 2.09. The van der Waals surface area contributed by atoms with Gasteiger partial charge in [0.05, 0.1) is 0 Å². The van der Waals surface area contributed by atoms with Gasteiger partial charge in [-0.3, -0.25) is 0 Å². The second kappa shape index (κ2) is 7.84. The predicted octanol–water partition coefficient (Wildman–Crippen LogP) is 5.39. The van der Waals surface area contributed by atoms with Crippen LogP contribution in [0.1, 0.15) is 18.9 Å².